The zero-order valence-corrected chi connectivity index (χ0v) is 39.3. The highest BCUT2D eigenvalue weighted by Gasteiger charge is 2.30. The molecule has 0 bridgehead atoms. The lowest BCUT2D eigenvalue weighted by molar-refractivity contribution is 0.446. The van der Waals surface area contributed by atoms with Crippen molar-refractivity contribution in [1.29, 1.82) is 0 Å². The number of para-hydroxylation sites is 1. The van der Waals surface area contributed by atoms with Crippen LogP contribution in [0.2, 0.25) is 0 Å². The van der Waals surface area contributed by atoms with Crippen LogP contribution in [0.4, 0.5) is 0 Å². The first-order chi connectivity index (χ1) is 28.5. The second-order valence-electron chi connectivity index (χ2n) is 20.9. The second-order valence-corrected chi connectivity index (χ2v) is 22.2. The van der Waals surface area contributed by atoms with Gasteiger partial charge in [0.15, 0.2) is 0 Å². The summed E-state index contributed by atoms with van der Waals surface area (Å²) in [7, 11) is 0. The molecule has 0 saturated carbocycles. The summed E-state index contributed by atoms with van der Waals surface area (Å²) in [5.41, 5.74) is 15.9. The van der Waals surface area contributed by atoms with E-state index >= 15 is 0 Å². The van der Waals surface area contributed by atoms with Crippen LogP contribution in [0.15, 0.2) is 103 Å². The number of hydrogen-bond donors (Lipinski definition) is 1. The van der Waals surface area contributed by atoms with E-state index in [1.54, 1.807) is 17.7 Å². The molecule has 8 aromatic rings. The predicted molar refractivity (Wildman–Crippen MR) is 260 cm³/mol. The van der Waals surface area contributed by atoms with Gasteiger partial charge in [-0.25, -0.2) is 15.0 Å². The first-order valence-electron chi connectivity index (χ1n) is 21.5. The number of benzene rings is 5. The number of fused-ring (bicyclic) bond motifs is 2. The fourth-order valence-corrected chi connectivity index (χ4v) is 9.43. The number of phenolic OH excluding ortho intramolecular Hbond substituents is 1. The summed E-state index contributed by atoms with van der Waals surface area (Å²) in [6.45, 7) is 31.1. The van der Waals surface area contributed by atoms with Crippen molar-refractivity contribution in [3.05, 3.63) is 136 Å². The molecule has 3 heterocycles. The highest BCUT2D eigenvalue weighted by molar-refractivity contribution is 7.19. The van der Waals surface area contributed by atoms with E-state index in [4.69, 9.17) is 15.0 Å². The van der Waals surface area contributed by atoms with Crippen molar-refractivity contribution >= 4 is 32.6 Å². The van der Waals surface area contributed by atoms with E-state index in [9.17, 15) is 5.11 Å². The van der Waals surface area contributed by atoms with Crippen molar-refractivity contribution in [3.63, 3.8) is 0 Å². The van der Waals surface area contributed by atoms with E-state index in [2.05, 4.69) is 199 Å². The third-order valence-corrected chi connectivity index (χ3v) is 13.4. The molecule has 0 aliphatic heterocycles. The maximum absolute atomic E-state index is 12.5. The molecule has 0 aliphatic rings. The molecule has 5 nitrogen and oxygen atoms in total. The molecule has 0 spiro atoms. The zero-order valence-electron chi connectivity index (χ0n) is 38.5. The normalized spacial score (nSPS) is 12.8. The number of aromatic hydroxyl groups is 1. The molecule has 6 heteroatoms. The Morgan fingerprint density at radius 2 is 1.18 bits per heavy atom. The van der Waals surface area contributed by atoms with Crippen LogP contribution < -0.4 is 0 Å². The van der Waals surface area contributed by atoms with Crippen LogP contribution in [0.25, 0.3) is 71.8 Å². The third-order valence-electron chi connectivity index (χ3n) is 12.2. The first-order valence-corrected chi connectivity index (χ1v) is 22.3. The van der Waals surface area contributed by atoms with Crippen LogP contribution in [0, 0.1) is 13.8 Å². The van der Waals surface area contributed by atoms with E-state index in [0.29, 0.717) is 11.4 Å². The van der Waals surface area contributed by atoms with Gasteiger partial charge in [-0.1, -0.05) is 144 Å². The SMILES string of the molecule is Cc1sc2c(-c3cc(-c4cccc5c4nc(-c4cc(C(C)(C)C)cc(C(C)(C)C)c4O)n5-c4ccc(C(C)(C)C)cc4-c4ccccc4)cc(C(C)(C)C)c3)ncnc2c1C. The van der Waals surface area contributed by atoms with Crippen molar-refractivity contribution in [2.45, 2.75) is 119 Å². The van der Waals surface area contributed by atoms with Gasteiger partial charge >= 0.3 is 0 Å². The quantitative estimate of drug-likeness (QED) is 0.188. The summed E-state index contributed by atoms with van der Waals surface area (Å²) in [6, 6.07) is 35.3. The average Bonchev–Trinajstić information content (AvgIpc) is 3.72. The molecule has 0 unspecified atom stereocenters. The van der Waals surface area contributed by atoms with Crippen LogP contribution in [0.3, 0.4) is 0 Å². The van der Waals surface area contributed by atoms with Crippen molar-refractivity contribution in [3.8, 4) is 56.3 Å². The van der Waals surface area contributed by atoms with Gasteiger partial charge in [0.2, 0.25) is 0 Å². The highest BCUT2D eigenvalue weighted by atomic mass is 32.1. The molecule has 0 fully saturated rings. The van der Waals surface area contributed by atoms with Crippen LogP contribution in [-0.4, -0.2) is 24.6 Å². The van der Waals surface area contributed by atoms with Crippen LogP contribution in [0.1, 0.15) is 116 Å². The number of imidazole rings is 1. The standard InChI is InChI=1S/C55H60N4OS/c1-32-33(2)61-50-46(32)56-31-57-47(50)36-25-35(26-38(27-36)53(6,7)8)40-21-18-22-45-48(40)58-51(42-29-39(54(9,10)11)30-43(49(42)60)55(12,13)14)59(45)44-24-23-37(52(3,4)5)28-41(44)34-19-16-15-17-20-34/h15-31,60H,1-14H3. The molecule has 0 radical (unpaired) electrons. The third kappa shape index (κ3) is 7.69. The predicted octanol–water partition coefficient (Wildman–Crippen LogP) is 15.2. The van der Waals surface area contributed by atoms with Crippen LogP contribution in [-0.2, 0) is 21.7 Å². The van der Waals surface area contributed by atoms with Crippen molar-refractivity contribution in [2.75, 3.05) is 0 Å². The summed E-state index contributed by atoms with van der Waals surface area (Å²) in [5.74, 6) is 0.962. The van der Waals surface area contributed by atoms with Gasteiger partial charge in [-0.15, -0.1) is 11.3 Å². The molecule has 0 aliphatic carbocycles. The van der Waals surface area contributed by atoms with Gasteiger partial charge < -0.3 is 5.11 Å². The first kappa shape index (κ1) is 42.1. The molecule has 3 aromatic heterocycles. The number of aryl methyl sites for hydroxylation is 2. The van der Waals surface area contributed by atoms with Gasteiger partial charge in [0.05, 0.1) is 38.2 Å². The summed E-state index contributed by atoms with van der Waals surface area (Å²) in [6.07, 6.45) is 1.70. The van der Waals surface area contributed by atoms with Crippen LogP contribution in [0.5, 0.6) is 5.75 Å². The maximum atomic E-state index is 12.5. The lowest BCUT2D eigenvalue weighted by Crippen LogP contribution is -2.17. The molecule has 5 aromatic carbocycles. The summed E-state index contributed by atoms with van der Waals surface area (Å²) >= 11 is 1.76. The monoisotopic (exact) mass is 824 g/mol. The van der Waals surface area contributed by atoms with E-state index < -0.39 is 0 Å². The Kier molecular flexibility index (Phi) is 10.2. The topological polar surface area (TPSA) is 63.8 Å². The molecular weight excluding hydrogens is 765 g/mol. The number of phenols is 1. The van der Waals surface area contributed by atoms with E-state index in [1.807, 2.05) is 0 Å². The Balaban J connectivity index is 1.50. The fraction of sp³-hybridized carbons (Fsp3) is 0.327. The minimum Gasteiger partial charge on any atom is -0.507 e. The highest BCUT2D eigenvalue weighted by Crippen LogP contribution is 2.46. The van der Waals surface area contributed by atoms with Crippen molar-refractivity contribution in [2.24, 2.45) is 0 Å². The molecule has 0 amide bonds. The van der Waals surface area contributed by atoms with Gasteiger partial charge in [0.1, 0.15) is 17.9 Å². The molecule has 61 heavy (non-hydrogen) atoms. The lowest BCUT2D eigenvalue weighted by Gasteiger charge is -2.28. The number of nitrogens with zero attached hydrogens (tertiary/aromatic N) is 4. The minimum absolute atomic E-state index is 0.0679. The number of rotatable bonds is 5. The molecule has 0 saturated heterocycles. The maximum Gasteiger partial charge on any atom is 0.149 e. The van der Waals surface area contributed by atoms with Gasteiger partial charge in [0, 0.05) is 27.1 Å². The smallest absolute Gasteiger partial charge is 0.149 e. The molecular formula is C55H60N4OS. The molecule has 1 N–H and O–H groups in total. The van der Waals surface area contributed by atoms with Gasteiger partial charge in [0.25, 0.3) is 0 Å². The Morgan fingerprint density at radius 3 is 1.84 bits per heavy atom. The van der Waals surface area contributed by atoms with Gasteiger partial charge in [-0.3, -0.25) is 4.57 Å². The summed E-state index contributed by atoms with van der Waals surface area (Å²) < 4.78 is 3.40. The van der Waals surface area contributed by atoms with E-state index in [1.165, 1.54) is 21.6 Å². The van der Waals surface area contributed by atoms with Crippen molar-refractivity contribution in [1.82, 2.24) is 19.5 Å². The molecule has 8 rings (SSSR count). The van der Waals surface area contributed by atoms with Gasteiger partial charge in [-0.05, 0) is 105 Å². The zero-order chi connectivity index (χ0) is 44.0. The van der Waals surface area contributed by atoms with E-state index in [-0.39, 0.29) is 27.4 Å². The van der Waals surface area contributed by atoms with Crippen molar-refractivity contribution < 1.29 is 5.11 Å². The Labute approximate surface area is 366 Å². The number of thiophene rings is 1. The van der Waals surface area contributed by atoms with Crippen LogP contribution >= 0.6 is 11.3 Å². The lowest BCUT2D eigenvalue weighted by atomic mass is 9.79. The average molecular weight is 825 g/mol. The van der Waals surface area contributed by atoms with E-state index in [0.717, 1.165) is 71.6 Å². The Bertz CT molecular complexity index is 2980. The Hall–Kier alpha value is -5.59. The fourth-order valence-electron chi connectivity index (χ4n) is 8.31. The number of aromatic nitrogens is 4. The second kappa shape index (κ2) is 14.8. The summed E-state index contributed by atoms with van der Waals surface area (Å²) in [4.78, 5) is 16.6. The van der Waals surface area contributed by atoms with Gasteiger partial charge in [-0.2, -0.15) is 0 Å². The minimum atomic E-state index is -0.318. The molecule has 312 valence electrons. The Morgan fingerprint density at radius 1 is 0.541 bits per heavy atom. The number of hydrogen-bond acceptors (Lipinski definition) is 5. The summed E-state index contributed by atoms with van der Waals surface area (Å²) in [5, 5.41) is 12.5. The molecule has 0 atom stereocenters. The largest absolute Gasteiger partial charge is 0.507 e.